The van der Waals surface area contributed by atoms with Crippen molar-refractivity contribution in [1.29, 1.82) is 0 Å². The second kappa shape index (κ2) is 9.68. The SMILES string of the molecule is COc1c(F)c(F)c(C(=O)NC(=S)Nc2ccc(Cl)c(-c3nc4cc(Cl)ccc4o3)c2)c(F)c1F. The molecule has 4 aromatic rings. The summed E-state index contributed by atoms with van der Waals surface area (Å²) < 4.78 is 66.2. The third-order valence-corrected chi connectivity index (χ3v) is 5.45. The lowest BCUT2D eigenvalue weighted by Crippen LogP contribution is -2.35. The van der Waals surface area contributed by atoms with Gasteiger partial charge in [0.1, 0.15) is 11.1 Å². The predicted octanol–water partition coefficient (Wildman–Crippen LogP) is 6.49. The van der Waals surface area contributed by atoms with Crippen LogP contribution in [-0.4, -0.2) is 23.1 Å². The molecule has 180 valence electrons. The van der Waals surface area contributed by atoms with Crippen LogP contribution in [0.25, 0.3) is 22.6 Å². The molecule has 0 bridgehead atoms. The highest BCUT2D eigenvalue weighted by atomic mass is 35.5. The highest BCUT2D eigenvalue weighted by molar-refractivity contribution is 7.80. The monoisotopic (exact) mass is 543 g/mol. The highest BCUT2D eigenvalue weighted by Crippen LogP contribution is 2.33. The number of nitrogens with one attached hydrogen (secondary N) is 2. The number of hydrogen-bond acceptors (Lipinski definition) is 5. The molecular formula is C22H11Cl2F4N3O3S. The second-order valence-electron chi connectivity index (χ2n) is 6.90. The van der Waals surface area contributed by atoms with Crippen molar-refractivity contribution >= 4 is 63.2 Å². The zero-order valence-corrected chi connectivity index (χ0v) is 19.6. The average molecular weight is 544 g/mol. The van der Waals surface area contributed by atoms with E-state index in [1.165, 1.54) is 18.2 Å². The number of thiocarbonyl (C=S) groups is 1. The summed E-state index contributed by atoms with van der Waals surface area (Å²) in [4.78, 5) is 16.6. The van der Waals surface area contributed by atoms with Crippen LogP contribution in [-0.2, 0) is 0 Å². The Morgan fingerprint density at radius 2 is 1.71 bits per heavy atom. The van der Waals surface area contributed by atoms with Crippen LogP contribution in [0.3, 0.4) is 0 Å². The molecule has 0 unspecified atom stereocenters. The van der Waals surface area contributed by atoms with E-state index in [2.05, 4.69) is 15.0 Å². The van der Waals surface area contributed by atoms with E-state index in [1.807, 2.05) is 5.32 Å². The van der Waals surface area contributed by atoms with Gasteiger partial charge in [-0.05, 0) is 48.6 Å². The number of rotatable bonds is 4. The normalized spacial score (nSPS) is 10.9. The smallest absolute Gasteiger partial charge is 0.263 e. The molecule has 2 N–H and O–H groups in total. The minimum Gasteiger partial charge on any atom is -0.491 e. The number of oxazole rings is 1. The molecule has 6 nitrogen and oxygen atoms in total. The quantitative estimate of drug-likeness (QED) is 0.174. The van der Waals surface area contributed by atoms with Crippen LogP contribution in [0.1, 0.15) is 10.4 Å². The molecule has 0 aliphatic carbocycles. The van der Waals surface area contributed by atoms with Gasteiger partial charge in [0.25, 0.3) is 5.91 Å². The number of aromatic nitrogens is 1. The number of anilines is 1. The van der Waals surface area contributed by atoms with Crippen LogP contribution in [0, 0.1) is 23.3 Å². The van der Waals surface area contributed by atoms with Crippen molar-refractivity contribution in [2.24, 2.45) is 0 Å². The van der Waals surface area contributed by atoms with E-state index in [1.54, 1.807) is 18.2 Å². The van der Waals surface area contributed by atoms with Gasteiger partial charge in [-0.3, -0.25) is 10.1 Å². The number of hydrogen-bond donors (Lipinski definition) is 2. The highest BCUT2D eigenvalue weighted by Gasteiger charge is 2.30. The summed E-state index contributed by atoms with van der Waals surface area (Å²) in [5.41, 5.74) is 0.0850. The molecule has 0 saturated carbocycles. The second-order valence-corrected chi connectivity index (χ2v) is 8.15. The summed E-state index contributed by atoms with van der Waals surface area (Å²) in [6, 6.07) is 9.33. The fraction of sp³-hybridized carbons (Fsp3) is 0.0455. The molecule has 0 aliphatic heterocycles. The van der Waals surface area contributed by atoms with E-state index in [4.69, 9.17) is 39.8 Å². The van der Waals surface area contributed by atoms with Crippen molar-refractivity contribution in [1.82, 2.24) is 10.3 Å². The molecule has 35 heavy (non-hydrogen) atoms. The van der Waals surface area contributed by atoms with E-state index in [0.717, 1.165) is 7.11 Å². The number of methoxy groups -OCH3 is 1. The molecule has 0 spiro atoms. The molecule has 0 atom stereocenters. The van der Waals surface area contributed by atoms with Crippen molar-refractivity contribution in [3.8, 4) is 17.2 Å². The Hall–Kier alpha value is -3.41. The van der Waals surface area contributed by atoms with Gasteiger partial charge in [-0.25, -0.2) is 13.8 Å². The largest absolute Gasteiger partial charge is 0.491 e. The summed E-state index contributed by atoms with van der Waals surface area (Å²) in [5.74, 6) is -10.3. The van der Waals surface area contributed by atoms with Crippen LogP contribution in [0.15, 0.2) is 40.8 Å². The van der Waals surface area contributed by atoms with E-state index in [0.29, 0.717) is 21.7 Å². The van der Waals surface area contributed by atoms with Crippen LogP contribution in [0.5, 0.6) is 5.75 Å². The Morgan fingerprint density at radius 3 is 2.37 bits per heavy atom. The average Bonchev–Trinajstić information content (AvgIpc) is 3.22. The zero-order chi connectivity index (χ0) is 25.4. The van der Waals surface area contributed by atoms with Crippen LogP contribution in [0.4, 0.5) is 23.2 Å². The molecule has 13 heteroatoms. The number of nitrogens with zero attached hydrogens (tertiary/aromatic N) is 1. The van der Waals surface area contributed by atoms with Crippen molar-refractivity contribution < 1.29 is 31.5 Å². The number of carbonyl (C=O) groups is 1. The first-order valence-corrected chi connectivity index (χ1v) is 10.7. The first kappa shape index (κ1) is 24.7. The van der Waals surface area contributed by atoms with E-state index in [9.17, 15) is 22.4 Å². The molecule has 0 saturated heterocycles. The first-order chi connectivity index (χ1) is 16.6. The maximum absolute atomic E-state index is 14.2. The van der Waals surface area contributed by atoms with Gasteiger partial charge in [0.05, 0.1) is 17.7 Å². The Labute approximate surface area is 209 Å². The third kappa shape index (κ3) is 4.75. The fourth-order valence-corrected chi connectivity index (χ4v) is 3.68. The van der Waals surface area contributed by atoms with Gasteiger partial charge in [-0.1, -0.05) is 23.2 Å². The Bertz CT molecular complexity index is 1480. The minimum atomic E-state index is -1.94. The van der Waals surface area contributed by atoms with E-state index < -0.39 is 45.6 Å². The number of carbonyl (C=O) groups excluding carboxylic acids is 1. The predicted molar refractivity (Wildman–Crippen MR) is 126 cm³/mol. The molecule has 0 fully saturated rings. The molecular weight excluding hydrogens is 533 g/mol. The number of amides is 1. The van der Waals surface area contributed by atoms with E-state index >= 15 is 0 Å². The Balaban J connectivity index is 1.57. The standard InChI is InChI=1S/C22H11Cl2F4N3O3S/c1-33-19-17(27)15(25)14(16(26)18(19)28)20(32)31-22(35)29-9-3-4-11(24)10(7-9)21-30-12-6-8(23)2-5-13(12)34-21/h2-7H,1H3,(H2,29,31,32,35). The lowest BCUT2D eigenvalue weighted by molar-refractivity contribution is 0.0966. The fourth-order valence-electron chi connectivity index (χ4n) is 3.10. The lowest BCUT2D eigenvalue weighted by Gasteiger charge is -2.13. The number of halogens is 6. The van der Waals surface area contributed by atoms with Gasteiger partial charge in [-0.2, -0.15) is 8.78 Å². The first-order valence-electron chi connectivity index (χ1n) is 9.49. The van der Waals surface area contributed by atoms with Crippen LogP contribution < -0.4 is 15.4 Å². The summed E-state index contributed by atoms with van der Waals surface area (Å²) in [5, 5.41) is 4.88. The van der Waals surface area contributed by atoms with Crippen molar-refractivity contribution in [3.05, 3.63) is 75.3 Å². The van der Waals surface area contributed by atoms with Crippen molar-refractivity contribution in [2.75, 3.05) is 12.4 Å². The molecule has 0 radical (unpaired) electrons. The van der Waals surface area contributed by atoms with Crippen molar-refractivity contribution in [2.45, 2.75) is 0 Å². The van der Waals surface area contributed by atoms with Gasteiger partial charge in [-0.15, -0.1) is 0 Å². The summed E-state index contributed by atoms with van der Waals surface area (Å²) in [6.45, 7) is 0. The summed E-state index contributed by atoms with van der Waals surface area (Å²) >= 11 is 17.2. The minimum absolute atomic E-state index is 0.166. The maximum atomic E-state index is 14.2. The van der Waals surface area contributed by atoms with Gasteiger partial charge in [0.15, 0.2) is 28.1 Å². The van der Waals surface area contributed by atoms with E-state index in [-0.39, 0.29) is 16.6 Å². The lowest BCUT2D eigenvalue weighted by atomic mass is 10.1. The molecule has 1 heterocycles. The molecule has 1 aromatic heterocycles. The van der Waals surface area contributed by atoms with Gasteiger partial charge >= 0.3 is 0 Å². The van der Waals surface area contributed by atoms with Gasteiger partial charge < -0.3 is 14.5 Å². The number of ether oxygens (including phenoxy) is 1. The molecule has 0 aliphatic rings. The van der Waals surface area contributed by atoms with Gasteiger partial charge in [0, 0.05) is 10.7 Å². The van der Waals surface area contributed by atoms with Crippen molar-refractivity contribution in [3.63, 3.8) is 0 Å². The number of benzene rings is 3. The van der Waals surface area contributed by atoms with Gasteiger partial charge in [0.2, 0.25) is 17.5 Å². The molecule has 3 aromatic carbocycles. The molecule has 1 amide bonds. The van der Waals surface area contributed by atoms with Crippen LogP contribution in [0.2, 0.25) is 10.0 Å². The summed E-state index contributed by atoms with van der Waals surface area (Å²) in [7, 11) is 0.815. The number of fused-ring (bicyclic) bond motifs is 1. The Morgan fingerprint density at radius 1 is 1.03 bits per heavy atom. The van der Waals surface area contributed by atoms with Crippen LogP contribution >= 0.6 is 35.4 Å². The summed E-state index contributed by atoms with van der Waals surface area (Å²) in [6.07, 6.45) is 0. The zero-order valence-electron chi connectivity index (χ0n) is 17.3. The topological polar surface area (TPSA) is 76.4 Å². The third-order valence-electron chi connectivity index (χ3n) is 4.69. The maximum Gasteiger partial charge on any atom is 0.263 e. The Kier molecular flexibility index (Phi) is 6.84. The molecule has 4 rings (SSSR count).